The number of anilines is 1. The Kier molecular flexibility index (Phi) is 6.58. The monoisotopic (exact) mass is 450 g/mol. The van der Waals surface area contributed by atoms with Gasteiger partial charge in [-0.25, -0.2) is 4.39 Å². The van der Waals surface area contributed by atoms with Crippen LogP contribution in [-0.4, -0.2) is 58.9 Å². The summed E-state index contributed by atoms with van der Waals surface area (Å²) in [6, 6.07) is 8.64. The van der Waals surface area contributed by atoms with E-state index in [1.807, 2.05) is 4.90 Å². The number of amides is 2. The predicted molar refractivity (Wildman–Crippen MR) is 106 cm³/mol. The molecule has 0 unspecified atom stereocenters. The molecule has 9 heteroatoms. The number of carbonyl (C=O) groups is 2. The van der Waals surface area contributed by atoms with Crippen molar-refractivity contribution in [1.29, 1.82) is 0 Å². The summed E-state index contributed by atoms with van der Waals surface area (Å²) in [5.41, 5.74) is 0.312. The number of carbonyl (C=O) groups excluding carboxylic acids is 2. The Morgan fingerprint density at radius 3 is 2.36 bits per heavy atom. The number of nitrogens with one attached hydrogen (secondary N) is 1. The molecule has 0 radical (unpaired) electrons. The van der Waals surface area contributed by atoms with Gasteiger partial charge in [0.2, 0.25) is 11.8 Å². The molecule has 2 heterocycles. The van der Waals surface area contributed by atoms with E-state index >= 15 is 0 Å². The zero-order chi connectivity index (χ0) is 20.1. The van der Waals surface area contributed by atoms with Crippen LogP contribution in [0.25, 0.3) is 0 Å². The summed E-state index contributed by atoms with van der Waals surface area (Å²) in [5.74, 6) is -0.674. The maximum absolute atomic E-state index is 12.9. The summed E-state index contributed by atoms with van der Waals surface area (Å²) >= 11 is 3.29. The lowest BCUT2D eigenvalue weighted by molar-refractivity contribution is -0.133. The molecule has 28 heavy (non-hydrogen) atoms. The lowest BCUT2D eigenvalue weighted by Gasteiger charge is -2.34. The van der Waals surface area contributed by atoms with Gasteiger partial charge in [-0.3, -0.25) is 19.3 Å². The molecule has 0 spiro atoms. The minimum absolute atomic E-state index is 0.0106. The Balaban J connectivity index is 1.46. The molecule has 1 aromatic heterocycles. The molecule has 0 atom stereocenters. The first kappa shape index (κ1) is 20.2. The van der Waals surface area contributed by atoms with E-state index in [9.17, 15) is 18.8 Å². The fourth-order valence-electron chi connectivity index (χ4n) is 2.96. The maximum atomic E-state index is 12.9. The maximum Gasteiger partial charge on any atom is 0.251 e. The number of nitrogens with zero attached hydrogens (tertiary/aromatic N) is 3. The van der Waals surface area contributed by atoms with E-state index in [1.54, 1.807) is 17.2 Å². The topological polar surface area (TPSA) is 74.7 Å². The van der Waals surface area contributed by atoms with Gasteiger partial charge in [0.1, 0.15) is 12.4 Å². The number of aromatic nitrogens is 1. The zero-order valence-corrected chi connectivity index (χ0v) is 16.7. The SMILES string of the molecule is O=C(CN1CCN(C(=O)Cn2cc(Br)ccc2=O)CC1)Nc1ccc(F)cc1. The average Bonchev–Trinajstić information content (AvgIpc) is 2.67. The second-order valence-electron chi connectivity index (χ2n) is 6.53. The van der Waals surface area contributed by atoms with Crippen molar-refractivity contribution in [3.63, 3.8) is 0 Å². The third kappa shape index (κ3) is 5.49. The highest BCUT2D eigenvalue weighted by molar-refractivity contribution is 9.10. The highest BCUT2D eigenvalue weighted by Gasteiger charge is 2.22. The van der Waals surface area contributed by atoms with Gasteiger partial charge >= 0.3 is 0 Å². The molecular weight excluding hydrogens is 431 g/mol. The molecule has 2 amide bonds. The lowest BCUT2D eigenvalue weighted by atomic mass is 10.3. The van der Waals surface area contributed by atoms with E-state index in [1.165, 1.54) is 34.9 Å². The Labute approximate surface area is 169 Å². The number of hydrogen-bond donors (Lipinski definition) is 1. The number of halogens is 2. The van der Waals surface area contributed by atoms with Crippen molar-refractivity contribution in [3.05, 3.63) is 63.2 Å². The Morgan fingerprint density at radius 2 is 1.68 bits per heavy atom. The van der Waals surface area contributed by atoms with Crippen LogP contribution in [0.2, 0.25) is 0 Å². The van der Waals surface area contributed by atoms with Crippen molar-refractivity contribution < 1.29 is 14.0 Å². The van der Waals surface area contributed by atoms with Crippen molar-refractivity contribution in [2.24, 2.45) is 0 Å². The van der Waals surface area contributed by atoms with Crippen LogP contribution >= 0.6 is 15.9 Å². The molecule has 1 fully saturated rings. The van der Waals surface area contributed by atoms with E-state index in [0.717, 1.165) is 4.47 Å². The van der Waals surface area contributed by atoms with Gasteiger partial charge in [0.05, 0.1) is 6.54 Å². The quantitative estimate of drug-likeness (QED) is 0.749. The number of piperazine rings is 1. The van der Waals surface area contributed by atoms with Gasteiger partial charge in [-0.15, -0.1) is 0 Å². The van der Waals surface area contributed by atoms with Gasteiger partial charge in [-0.05, 0) is 46.3 Å². The van der Waals surface area contributed by atoms with E-state index < -0.39 is 0 Å². The third-order valence-corrected chi connectivity index (χ3v) is 4.94. The summed E-state index contributed by atoms with van der Waals surface area (Å²) in [6.07, 6.45) is 1.59. The second kappa shape index (κ2) is 9.11. The van der Waals surface area contributed by atoms with Crippen molar-refractivity contribution in [2.75, 3.05) is 38.0 Å². The van der Waals surface area contributed by atoms with Crippen LogP contribution in [0.1, 0.15) is 0 Å². The largest absolute Gasteiger partial charge is 0.339 e. The van der Waals surface area contributed by atoms with Crippen LogP contribution < -0.4 is 10.9 Å². The van der Waals surface area contributed by atoms with Crippen LogP contribution in [0.3, 0.4) is 0 Å². The summed E-state index contributed by atoms with van der Waals surface area (Å²) in [4.78, 5) is 40.1. The first-order chi connectivity index (χ1) is 13.4. The zero-order valence-electron chi connectivity index (χ0n) is 15.1. The summed E-state index contributed by atoms with van der Waals surface area (Å²) in [5, 5.41) is 2.72. The van der Waals surface area contributed by atoms with Crippen LogP contribution in [-0.2, 0) is 16.1 Å². The van der Waals surface area contributed by atoms with Crippen LogP contribution in [0, 0.1) is 5.82 Å². The first-order valence-electron chi connectivity index (χ1n) is 8.82. The van der Waals surface area contributed by atoms with E-state index in [4.69, 9.17) is 0 Å². The lowest BCUT2D eigenvalue weighted by Crippen LogP contribution is -2.51. The average molecular weight is 451 g/mol. The van der Waals surface area contributed by atoms with E-state index in [-0.39, 0.29) is 36.3 Å². The predicted octanol–water partition coefficient (Wildman–Crippen LogP) is 1.53. The highest BCUT2D eigenvalue weighted by Crippen LogP contribution is 2.09. The van der Waals surface area contributed by atoms with Crippen molar-refractivity contribution in [3.8, 4) is 0 Å². The normalized spacial score (nSPS) is 14.7. The Morgan fingerprint density at radius 1 is 1.00 bits per heavy atom. The van der Waals surface area contributed by atoms with Crippen molar-refractivity contribution in [2.45, 2.75) is 6.54 Å². The number of rotatable bonds is 5. The third-order valence-electron chi connectivity index (χ3n) is 4.47. The Hall–Kier alpha value is -2.52. The van der Waals surface area contributed by atoms with Crippen molar-refractivity contribution in [1.82, 2.24) is 14.4 Å². The fourth-order valence-corrected chi connectivity index (χ4v) is 3.34. The standard InChI is InChI=1S/C19H20BrFN4O3/c20-14-1-6-18(27)25(11-14)13-19(28)24-9-7-23(8-10-24)12-17(26)22-16-4-2-15(21)3-5-16/h1-6,11H,7-10,12-13H2,(H,22,26). The first-order valence-corrected chi connectivity index (χ1v) is 9.61. The minimum atomic E-state index is -0.357. The van der Waals surface area contributed by atoms with Gasteiger partial charge in [-0.1, -0.05) is 0 Å². The smallest absolute Gasteiger partial charge is 0.251 e. The number of hydrogen-bond acceptors (Lipinski definition) is 4. The summed E-state index contributed by atoms with van der Waals surface area (Å²) in [6.45, 7) is 2.30. The van der Waals surface area contributed by atoms with Gasteiger partial charge in [0.25, 0.3) is 5.56 Å². The highest BCUT2D eigenvalue weighted by atomic mass is 79.9. The molecule has 1 saturated heterocycles. The second-order valence-corrected chi connectivity index (χ2v) is 7.44. The minimum Gasteiger partial charge on any atom is -0.339 e. The molecule has 0 saturated carbocycles. The molecular formula is C19H20BrFN4O3. The number of benzene rings is 1. The van der Waals surface area contributed by atoms with Crippen LogP contribution in [0.15, 0.2) is 51.9 Å². The van der Waals surface area contributed by atoms with E-state index in [2.05, 4.69) is 21.2 Å². The van der Waals surface area contributed by atoms with Crippen LogP contribution in [0.4, 0.5) is 10.1 Å². The molecule has 7 nitrogen and oxygen atoms in total. The van der Waals surface area contributed by atoms with Gasteiger partial charge < -0.3 is 14.8 Å². The molecule has 1 N–H and O–H groups in total. The Bertz CT molecular complexity index is 908. The van der Waals surface area contributed by atoms with Gasteiger partial charge in [-0.2, -0.15) is 0 Å². The molecule has 1 aliphatic rings. The molecule has 148 valence electrons. The van der Waals surface area contributed by atoms with Crippen molar-refractivity contribution >= 4 is 33.4 Å². The fraction of sp³-hybridized carbons (Fsp3) is 0.316. The van der Waals surface area contributed by atoms with Gasteiger partial charge in [0, 0.05) is 48.6 Å². The molecule has 1 aromatic carbocycles. The molecule has 2 aromatic rings. The molecule has 1 aliphatic heterocycles. The van der Waals surface area contributed by atoms with Gasteiger partial charge in [0.15, 0.2) is 0 Å². The summed E-state index contributed by atoms with van der Waals surface area (Å²) in [7, 11) is 0. The molecule has 0 aliphatic carbocycles. The molecule has 0 bridgehead atoms. The molecule has 3 rings (SSSR count). The summed E-state index contributed by atoms with van der Waals surface area (Å²) < 4.78 is 15.0. The van der Waals surface area contributed by atoms with Crippen LogP contribution in [0.5, 0.6) is 0 Å². The van der Waals surface area contributed by atoms with E-state index in [0.29, 0.717) is 31.9 Å². The number of pyridine rings is 1.